The molecule has 2 rings (SSSR count). The van der Waals surface area contributed by atoms with Crippen LogP contribution in [0.25, 0.3) is 11.1 Å². The van der Waals surface area contributed by atoms with Crippen LogP contribution in [0.3, 0.4) is 0 Å². The largest absolute Gasteiger partial charge is 0.495 e. The number of primary amides is 1. The molecule has 0 saturated heterocycles. The lowest BCUT2D eigenvalue weighted by molar-refractivity contribution is -0.106. The van der Waals surface area contributed by atoms with E-state index in [2.05, 4.69) is 32.6 Å². The molecule has 2 aromatic rings. The normalized spacial score (nSPS) is 8.86. The minimum Gasteiger partial charge on any atom is -0.495 e. The average Bonchev–Trinajstić information content (AvgIpc) is 2.51. The van der Waals surface area contributed by atoms with Crippen LogP contribution in [-0.4, -0.2) is 13.5 Å². The lowest BCUT2D eigenvalue weighted by atomic mass is 10.00. The Kier molecular flexibility index (Phi) is 6.95. The van der Waals surface area contributed by atoms with Crippen molar-refractivity contribution in [2.75, 3.05) is 12.8 Å². The summed E-state index contributed by atoms with van der Waals surface area (Å²) in [6, 6.07) is 12.0. The quantitative estimate of drug-likeness (QED) is 0.387. The minimum atomic E-state index is 0.250. The molecule has 114 valence electrons. The summed E-state index contributed by atoms with van der Waals surface area (Å²) < 4.78 is 5.30. The van der Waals surface area contributed by atoms with Gasteiger partial charge < -0.3 is 16.2 Å². The third kappa shape index (κ3) is 4.51. The van der Waals surface area contributed by atoms with Crippen molar-refractivity contribution in [3.05, 3.63) is 47.5 Å². The topological polar surface area (TPSA) is 78.3 Å². The van der Waals surface area contributed by atoms with Crippen molar-refractivity contribution >= 4 is 21.3 Å². The predicted octanol–water partition coefficient (Wildman–Crippen LogP) is 2.54. The molecule has 0 aliphatic rings. The molecule has 0 aliphatic carbocycles. The second-order valence-electron chi connectivity index (χ2n) is 4.41. The number of ether oxygens (including phenoxy) is 1. The van der Waals surface area contributed by atoms with Gasteiger partial charge in [0, 0.05) is 11.1 Å². The van der Waals surface area contributed by atoms with Crippen molar-refractivity contribution in [3.8, 4) is 28.5 Å². The van der Waals surface area contributed by atoms with E-state index in [9.17, 15) is 0 Å². The van der Waals surface area contributed by atoms with E-state index in [-0.39, 0.29) is 6.41 Å². The van der Waals surface area contributed by atoms with Gasteiger partial charge in [-0.15, -0.1) is 0 Å². The summed E-state index contributed by atoms with van der Waals surface area (Å²) in [5.41, 5.74) is 17.9. The molecule has 0 radical (unpaired) electrons. The van der Waals surface area contributed by atoms with Crippen LogP contribution in [0.15, 0.2) is 36.4 Å². The molecular formula is C17H19N2O2P. The molecule has 0 heterocycles. The molecule has 1 atom stereocenters. The summed E-state index contributed by atoms with van der Waals surface area (Å²) >= 11 is 0. The number of aryl methyl sites for hydroxylation is 1. The number of nitrogen functional groups attached to an aromatic ring is 1. The molecule has 2 aromatic carbocycles. The Bertz CT molecular complexity index is 701. The Morgan fingerprint density at radius 3 is 2.32 bits per heavy atom. The zero-order valence-corrected chi connectivity index (χ0v) is 13.7. The maximum absolute atomic E-state index is 8.58. The average molecular weight is 314 g/mol. The number of benzene rings is 2. The number of methoxy groups -OCH3 is 1. The second kappa shape index (κ2) is 8.71. The van der Waals surface area contributed by atoms with Crippen molar-refractivity contribution in [1.82, 2.24) is 0 Å². The lowest BCUT2D eigenvalue weighted by Gasteiger charge is -2.12. The van der Waals surface area contributed by atoms with E-state index in [1.807, 2.05) is 37.3 Å². The summed E-state index contributed by atoms with van der Waals surface area (Å²) in [6.45, 7) is 2.03. The van der Waals surface area contributed by atoms with E-state index in [4.69, 9.17) is 15.3 Å². The van der Waals surface area contributed by atoms with E-state index >= 15 is 0 Å². The number of hydrogen-bond donors (Lipinski definition) is 2. The molecule has 0 saturated carbocycles. The van der Waals surface area contributed by atoms with Crippen LogP contribution < -0.4 is 16.2 Å². The van der Waals surface area contributed by atoms with Gasteiger partial charge in [0.15, 0.2) is 0 Å². The first-order chi connectivity index (χ1) is 10.6. The second-order valence-corrected chi connectivity index (χ2v) is 4.70. The van der Waals surface area contributed by atoms with Crippen molar-refractivity contribution in [3.63, 3.8) is 0 Å². The Hall–Kier alpha value is -2.50. The highest BCUT2D eigenvalue weighted by Crippen LogP contribution is 2.34. The number of carbonyl (C=O) groups is 1. The van der Waals surface area contributed by atoms with Crippen LogP contribution in [0.2, 0.25) is 0 Å². The number of anilines is 1. The van der Waals surface area contributed by atoms with Gasteiger partial charge in [0.05, 0.1) is 12.8 Å². The molecule has 4 N–H and O–H groups in total. The number of carbonyl (C=O) groups excluding carboxylic acids is 1. The smallest absolute Gasteiger partial charge is 0.204 e. The van der Waals surface area contributed by atoms with Crippen LogP contribution in [0.5, 0.6) is 5.75 Å². The van der Waals surface area contributed by atoms with Crippen LogP contribution in [-0.2, 0) is 4.79 Å². The third-order valence-corrected chi connectivity index (χ3v) is 3.06. The minimum absolute atomic E-state index is 0.250. The zero-order chi connectivity index (χ0) is 16.5. The number of amides is 1. The van der Waals surface area contributed by atoms with Crippen LogP contribution in [0.4, 0.5) is 5.69 Å². The highest BCUT2D eigenvalue weighted by atomic mass is 31.0. The monoisotopic (exact) mass is 314 g/mol. The first kappa shape index (κ1) is 17.6. The maximum Gasteiger partial charge on any atom is 0.204 e. The highest BCUT2D eigenvalue weighted by molar-refractivity contribution is 7.23. The summed E-state index contributed by atoms with van der Waals surface area (Å²) in [5, 5.41) is 0. The number of rotatable bonds is 2. The van der Waals surface area contributed by atoms with Gasteiger partial charge in [0.2, 0.25) is 6.41 Å². The molecule has 0 spiro atoms. The zero-order valence-electron chi connectivity index (χ0n) is 12.6. The highest BCUT2D eigenvalue weighted by Gasteiger charge is 2.09. The summed E-state index contributed by atoms with van der Waals surface area (Å²) in [7, 11) is 4.02. The Morgan fingerprint density at radius 2 is 1.82 bits per heavy atom. The van der Waals surface area contributed by atoms with E-state index in [0.717, 1.165) is 22.3 Å². The van der Waals surface area contributed by atoms with Gasteiger partial charge in [0.1, 0.15) is 5.75 Å². The van der Waals surface area contributed by atoms with Gasteiger partial charge >= 0.3 is 0 Å². The van der Waals surface area contributed by atoms with Crippen LogP contribution in [0, 0.1) is 18.5 Å². The van der Waals surface area contributed by atoms with E-state index in [1.165, 1.54) is 0 Å². The molecule has 1 amide bonds. The molecular weight excluding hydrogens is 295 g/mol. The van der Waals surface area contributed by atoms with Gasteiger partial charge in [-0.2, -0.15) is 0 Å². The van der Waals surface area contributed by atoms with Crippen molar-refractivity contribution < 1.29 is 9.53 Å². The van der Waals surface area contributed by atoms with Crippen molar-refractivity contribution in [1.29, 1.82) is 0 Å². The number of hydrogen-bond acceptors (Lipinski definition) is 3. The standard InChI is InChI=1S/C16H16NOP.CH3NO/c1-11-9-14(16(17)15(10-11)18-2)13-5-3-12(4-6-13)7-8-19;2-1-3/h3-6,9-10H,17,19H2,1-2H3;1H,(H2,2,3). The lowest BCUT2D eigenvalue weighted by Crippen LogP contribution is -1.96. The predicted molar refractivity (Wildman–Crippen MR) is 94.4 cm³/mol. The van der Waals surface area contributed by atoms with E-state index in [1.54, 1.807) is 7.11 Å². The Morgan fingerprint density at radius 1 is 1.23 bits per heavy atom. The third-order valence-electron chi connectivity index (χ3n) is 2.92. The van der Waals surface area contributed by atoms with Gasteiger partial charge in [-0.1, -0.05) is 33.0 Å². The van der Waals surface area contributed by atoms with Crippen molar-refractivity contribution in [2.45, 2.75) is 6.92 Å². The molecule has 4 nitrogen and oxygen atoms in total. The first-order valence-electron chi connectivity index (χ1n) is 6.48. The summed E-state index contributed by atoms with van der Waals surface area (Å²) in [6.07, 6.45) is 0.250. The molecule has 22 heavy (non-hydrogen) atoms. The first-order valence-corrected chi connectivity index (χ1v) is 7.06. The SMILES string of the molecule is COc1cc(C)cc(-c2ccc(C#CP)cc2)c1N.NC=O. The van der Waals surface area contributed by atoms with Gasteiger partial charge in [-0.05, 0) is 42.3 Å². The molecule has 0 aliphatic heterocycles. The molecule has 5 heteroatoms. The molecule has 0 bridgehead atoms. The molecule has 0 fully saturated rings. The van der Waals surface area contributed by atoms with E-state index in [0.29, 0.717) is 11.4 Å². The Labute approximate surface area is 133 Å². The van der Waals surface area contributed by atoms with Gasteiger partial charge in [-0.3, -0.25) is 4.79 Å². The number of nitrogens with two attached hydrogens (primary N) is 2. The van der Waals surface area contributed by atoms with Gasteiger partial charge in [-0.25, -0.2) is 0 Å². The fourth-order valence-corrected chi connectivity index (χ4v) is 2.16. The van der Waals surface area contributed by atoms with Crippen molar-refractivity contribution in [2.24, 2.45) is 5.73 Å². The van der Waals surface area contributed by atoms with Crippen LogP contribution >= 0.6 is 9.24 Å². The van der Waals surface area contributed by atoms with Gasteiger partial charge in [0.25, 0.3) is 0 Å². The fraction of sp³-hybridized carbons (Fsp3) is 0.118. The molecule has 1 unspecified atom stereocenters. The van der Waals surface area contributed by atoms with E-state index < -0.39 is 0 Å². The fourth-order valence-electron chi connectivity index (χ4n) is 1.99. The maximum atomic E-state index is 8.58. The van der Waals surface area contributed by atoms with Crippen LogP contribution in [0.1, 0.15) is 11.1 Å². The molecule has 0 aromatic heterocycles. The summed E-state index contributed by atoms with van der Waals surface area (Å²) in [4.78, 5) is 8.58. The summed E-state index contributed by atoms with van der Waals surface area (Å²) in [5.74, 6) is 3.70. The Balaban J connectivity index is 0.000000745.